The number of aromatic nitrogens is 2. The largest absolute Gasteiger partial charge is 0.493 e. The van der Waals surface area contributed by atoms with Crippen LogP contribution in [-0.4, -0.2) is 43.7 Å². The lowest BCUT2D eigenvalue weighted by molar-refractivity contribution is -0.112. The molecular weight excluding hydrogens is 406 g/mol. The zero-order valence-electron chi connectivity index (χ0n) is 17.0. The van der Waals surface area contributed by atoms with Crippen molar-refractivity contribution in [2.24, 2.45) is 0 Å². The van der Waals surface area contributed by atoms with Gasteiger partial charge in [-0.2, -0.15) is 0 Å². The van der Waals surface area contributed by atoms with E-state index in [1.807, 2.05) is 30.5 Å². The van der Waals surface area contributed by atoms with E-state index >= 15 is 0 Å². The van der Waals surface area contributed by atoms with Crippen LogP contribution in [0.4, 0.5) is 6.01 Å². The molecule has 9 heteroatoms. The van der Waals surface area contributed by atoms with Crippen molar-refractivity contribution in [2.45, 2.75) is 4.90 Å². The summed E-state index contributed by atoms with van der Waals surface area (Å²) in [6.45, 7) is 0. The molecule has 0 aliphatic rings. The van der Waals surface area contributed by atoms with E-state index in [4.69, 9.17) is 18.6 Å². The minimum absolute atomic E-state index is 0.0125. The number of nitrogens with one attached hydrogen (secondary N) is 1. The van der Waals surface area contributed by atoms with E-state index in [2.05, 4.69) is 15.5 Å². The zero-order chi connectivity index (χ0) is 21.5. The third kappa shape index (κ3) is 4.93. The second kappa shape index (κ2) is 9.84. The Hall–Kier alpha value is -3.46. The molecule has 0 saturated heterocycles. The van der Waals surface area contributed by atoms with Gasteiger partial charge in [-0.3, -0.25) is 10.1 Å². The summed E-state index contributed by atoms with van der Waals surface area (Å²) >= 11 is 1.64. The van der Waals surface area contributed by atoms with Crippen LogP contribution in [0.3, 0.4) is 0 Å². The van der Waals surface area contributed by atoms with Gasteiger partial charge in [0, 0.05) is 16.5 Å². The van der Waals surface area contributed by atoms with E-state index in [-0.39, 0.29) is 6.01 Å². The van der Waals surface area contributed by atoms with Crippen molar-refractivity contribution in [1.82, 2.24) is 10.2 Å². The summed E-state index contributed by atoms with van der Waals surface area (Å²) < 4.78 is 21.4. The summed E-state index contributed by atoms with van der Waals surface area (Å²) in [5.41, 5.74) is 1.47. The molecule has 0 spiro atoms. The number of benzene rings is 2. The van der Waals surface area contributed by atoms with Crippen LogP contribution in [-0.2, 0) is 4.79 Å². The smallest absolute Gasteiger partial charge is 0.322 e. The maximum absolute atomic E-state index is 12.2. The number of rotatable bonds is 8. The Balaban J connectivity index is 1.70. The van der Waals surface area contributed by atoms with Gasteiger partial charge in [0.25, 0.3) is 5.91 Å². The second-order valence-corrected chi connectivity index (χ2v) is 6.80. The SMILES string of the molecule is COc1cc(/C=C/C(=O)Nc2nnc(-c3ccc(SC)cc3)o2)cc(OC)c1OC. The standard InChI is InChI=1S/C21H21N3O5S/c1-26-16-11-13(12-17(27-2)19(16)28-3)5-10-18(25)22-21-24-23-20(29-21)14-6-8-15(30-4)9-7-14/h5-12H,1-4H3,(H,22,24,25)/b10-5+. The quantitative estimate of drug-likeness (QED) is 0.423. The van der Waals surface area contributed by atoms with Crippen molar-refractivity contribution in [3.8, 4) is 28.7 Å². The fraction of sp³-hybridized carbons (Fsp3) is 0.190. The number of thioether (sulfide) groups is 1. The minimum Gasteiger partial charge on any atom is -0.493 e. The highest BCUT2D eigenvalue weighted by molar-refractivity contribution is 7.98. The van der Waals surface area contributed by atoms with E-state index < -0.39 is 5.91 Å². The van der Waals surface area contributed by atoms with E-state index in [0.717, 1.165) is 10.5 Å². The molecule has 1 aromatic heterocycles. The van der Waals surface area contributed by atoms with Crippen molar-refractivity contribution < 1.29 is 23.4 Å². The first-order chi connectivity index (χ1) is 14.6. The van der Waals surface area contributed by atoms with Crippen molar-refractivity contribution >= 4 is 29.8 Å². The fourth-order valence-corrected chi connectivity index (χ4v) is 3.05. The molecule has 2 aromatic carbocycles. The van der Waals surface area contributed by atoms with Crippen LogP contribution < -0.4 is 19.5 Å². The molecule has 1 N–H and O–H groups in total. The number of hydrogen-bond acceptors (Lipinski definition) is 8. The van der Waals surface area contributed by atoms with Crippen LogP contribution >= 0.6 is 11.8 Å². The van der Waals surface area contributed by atoms with Gasteiger partial charge in [0.2, 0.25) is 11.6 Å². The lowest BCUT2D eigenvalue weighted by Gasteiger charge is -2.12. The van der Waals surface area contributed by atoms with E-state index in [9.17, 15) is 4.79 Å². The van der Waals surface area contributed by atoms with Gasteiger partial charge in [-0.05, 0) is 54.3 Å². The number of ether oxygens (including phenoxy) is 3. The first kappa shape index (κ1) is 21.3. The Morgan fingerprint density at radius 3 is 2.27 bits per heavy atom. The minimum atomic E-state index is -0.420. The van der Waals surface area contributed by atoms with Gasteiger partial charge in [0.15, 0.2) is 11.5 Å². The molecule has 30 heavy (non-hydrogen) atoms. The first-order valence-corrected chi connectivity index (χ1v) is 10.1. The molecule has 0 bridgehead atoms. The molecule has 3 rings (SSSR count). The van der Waals surface area contributed by atoms with Crippen molar-refractivity contribution in [2.75, 3.05) is 32.9 Å². The fourth-order valence-electron chi connectivity index (χ4n) is 2.64. The molecule has 0 atom stereocenters. The molecule has 0 saturated carbocycles. The number of amides is 1. The summed E-state index contributed by atoms with van der Waals surface area (Å²) in [5, 5.41) is 10.4. The predicted molar refractivity (Wildman–Crippen MR) is 115 cm³/mol. The summed E-state index contributed by atoms with van der Waals surface area (Å²) in [5.74, 6) is 1.37. The highest BCUT2D eigenvalue weighted by Gasteiger charge is 2.13. The lowest BCUT2D eigenvalue weighted by Crippen LogP contribution is -2.07. The normalized spacial score (nSPS) is 10.8. The molecule has 0 radical (unpaired) electrons. The van der Waals surface area contributed by atoms with E-state index in [0.29, 0.717) is 28.7 Å². The Morgan fingerprint density at radius 1 is 1.03 bits per heavy atom. The van der Waals surface area contributed by atoms with Crippen molar-refractivity contribution in [1.29, 1.82) is 0 Å². The monoisotopic (exact) mass is 427 g/mol. The summed E-state index contributed by atoms with van der Waals surface area (Å²) in [6, 6.07) is 11.2. The van der Waals surface area contributed by atoms with Gasteiger partial charge in [-0.1, -0.05) is 5.10 Å². The number of hydrogen-bond donors (Lipinski definition) is 1. The lowest BCUT2D eigenvalue weighted by atomic mass is 10.1. The van der Waals surface area contributed by atoms with Crippen LogP contribution in [0.2, 0.25) is 0 Å². The van der Waals surface area contributed by atoms with Gasteiger partial charge in [0.05, 0.1) is 21.3 Å². The highest BCUT2D eigenvalue weighted by atomic mass is 32.2. The van der Waals surface area contributed by atoms with Crippen molar-refractivity contribution in [3.05, 3.63) is 48.0 Å². The van der Waals surface area contributed by atoms with Crippen molar-refractivity contribution in [3.63, 3.8) is 0 Å². The summed E-state index contributed by atoms with van der Waals surface area (Å²) in [4.78, 5) is 13.4. The molecule has 3 aromatic rings. The molecular formula is C21H21N3O5S. The molecule has 0 aliphatic heterocycles. The summed E-state index contributed by atoms with van der Waals surface area (Å²) in [6.07, 6.45) is 4.96. The molecule has 0 fully saturated rings. The van der Waals surface area contributed by atoms with Crippen LogP contribution in [0, 0.1) is 0 Å². The Kier molecular flexibility index (Phi) is 6.97. The molecule has 0 unspecified atom stereocenters. The maximum Gasteiger partial charge on any atom is 0.322 e. The summed E-state index contributed by atoms with van der Waals surface area (Å²) in [7, 11) is 4.58. The Morgan fingerprint density at radius 2 is 1.70 bits per heavy atom. The van der Waals surface area contributed by atoms with Gasteiger partial charge in [-0.15, -0.1) is 16.9 Å². The van der Waals surface area contributed by atoms with E-state index in [1.165, 1.54) is 27.4 Å². The van der Waals surface area contributed by atoms with Crippen LogP contribution in [0.1, 0.15) is 5.56 Å². The molecule has 156 valence electrons. The number of carbonyl (C=O) groups is 1. The predicted octanol–water partition coefficient (Wildman–Crippen LogP) is 4.14. The second-order valence-electron chi connectivity index (χ2n) is 5.92. The highest BCUT2D eigenvalue weighted by Crippen LogP contribution is 2.38. The van der Waals surface area contributed by atoms with Gasteiger partial charge >= 0.3 is 6.01 Å². The number of carbonyl (C=O) groups excluding carboxylic acids is 1. The molecule has 8 nitrogen and oxygen atoms in total. The first-order valence-electron chi connectivity index (χ1n) is 8.85. The zero-order valence-corrected chi connectivity index (χ0v) is 17.8. The average molecular weight is 427 g/mol. The maximum atomic E-state index is 12.2. The third-order valence-corrected chi connectivity index (χ3v) is 4.85. The third-order valence-electron chi connectivity index (χ3n) is 4.11. The van der Waals surface area contributed by atoms with Crippen LogP contribution in [0.25, 0.3) is 17.5 Å². The van der Waals surface area contributed by atoms with Gasteiger partial charge < -0.3 is 18.6 Å². The van der Waals surface area contributed by atoms with Gasteiger partial charge in [-0.25, -0.2) is 0 Å². The molecule has 1 amide bonds. The number of methoxy groups -OCH3 is 3. The van der Waals surface area contributed by atoms with Gasteiger partial charge in [0.1, 0.15) is 0 Å². The number of anilines is 1. The van der Waals surface area contributed by atoms with E-state index in [1.54, 1.807) is 30.0 Å². The Bertz CT molecular complexity index is 1020. The van der Waals surface area contributed by atoms with Crippen LogP contribution in [0.5, 0.6) is 17.2 Å². The Labute approximate surface area is 178 Å². The number of nitrogens with zero attached hydrogens (tertiary/aromatic N) is 2. The average Bonchev–Trinajstić information content (AvgIpc) is 3.25. The molecule has 0 aliphatic carbocycles. The van der Waals surface area contributed by atoms with Crippen LogP contribution in [0.15, 0.2) is 51.8 Å². The topological polar surface area (TPSA) is 95.7 Å². The molecule has 1 heterocycles.